The van der Waals surface area contributed by atoms with Crippen LogP contribution in [0.2, 0.25) is 0 Å². The summed E-state index contributed by atoms with van der Waals surface area (Å²) in [6.45, 7) is 0. The van der Waals surface area contributed by atoms with Crippen molar-refractivity contribution in [2.75, 3.05) is 15.7 Å². The van der Waals surface area contributed by atoms with Crippen molar-refractivity contribution in [1.82, 2.24) is 9.97 Å². The standard InChI is InChI=1S/C10H11FN4O4S2/c1-20(16,17)15-9-4-7(2-3-8(9)11)14-21(18,19)10-5-12-6-13-10/h2-6,14-15H,1H3,(H,12,13). The number of sulfonamides is 2. The Bertz CT molecular complexity index is 847. The Morgan fingerprint density at radius 2 is 1.90 bits per heavy atom. The van der Waals surface area contributed by atoms with E-state index in [-0.39, 0.29) is 16.4 Å². The van der Waals surface area contributed by atoms with Crippen LogP contribution in [0.25, 0.3) is 0 Å². The highest BCUT2D eigenvalue weighted by molar-refractivity contribution is 7.92. The van der Waals surface area contributed by atoms with Crippen molar-refractivity contribution < 1.29 is 21.2 Å². The lowest BCUT2D eigenvalue weighted by molar-refractivity contribution is 0.598. The SMILES string of the molecule is CS(=O)(=O)Nc1cc(NS(=O)(=O)c2cnc[nH]2)ccc1F. The number of aromatic amines is 1. The molecule has 0 aliphatic rings. The molecule has 0 atom stereocenters. The van der Waals surface area contributed by atoms with Gasteiger partial charge in [-0.1, -0.05) is 0 Å². The number of halogens is 1. The number of nitrogens with zero attached hydrogens (tertiary/aromatic N) is 1. The maximum absolute atomic E-state index is 13.5. The zero-order chi connectivity index (χ0) is 15.7. The molecular formula is C10H11FN4O4S2. The Hall–Kier alpha value is -2.14. The second-order valence-electron chi connectivity index (χ2n) is 4.09. The molecule has 8 nitrogen and oxygen atoms in total. The number of anilines is 2. The topological polar surface area (TPSA) is 121 Å². The molecule has 1 heterocycles. The lowest BCUT2D eigenvalue weighted by atomic mass is 10.3. The van der Waals surface area contributed by atoms with Gasteiger partial charge >= 0.3 is 0 Å². The zero-order valence-electron chi connectivity index (χ0n) is 10.7. The summed E-state index contributed by atoms with van der Waals surface area (Å²) in [5.74, 6) is -0.829. The average molecular weight is 334 g/mol. The summed E-state index contributed by atoms with van der Waals surface area (Å²) in [6.07, 6.45) is 3.14. The summed E-state index contributed by atoms with van der Waals surface area (Å²) >= 11 is 0. The quantitative estimate of drug-likeness (QED) is 0.744. The van der Waals surface area contributed by atoms with Gasteiger partial charge in [-0.15, -0.1) is 0 Å². The monoisotopic (exact) mass is 334 g/mol. The van der Waals surface area contributed by atoms with Crippen molar-refractivity contribution >= 4 is 31.4 Å². The van der Waals surface area contributed by atoms with Crippen molar-refractivity contribution in [3.63, 3.8) is 0 Å². The summed E-state index contributed by atoms with van der Waals surface area (Å²) in [7, 11) is -7.60. The molecule has 0 aliphatic heterocycles. The first-order chi connectivity index (χ1) is 9.67. The molecule has 11 heteroatoms. The van der Waals surface area contributed by atoms with Crippen LogP contribution in [0.3, 0.4) is 0 Å². The molecule has 2 aromatic rings. The summed E-state index contributed by atoms with van der Waals surface area (Å²) in [5, 5.41) is -0.176. The molecule has 3 N–H and O–H groups in total. The van der Waals surface area contributed by atoms with Crippen LogP contribution in [0.4, 0.5) is 15.8 Å². The van der Waals surface area contributed by atoms with Crippen LogP contribution < -0.4 is 9.44 Å². The molecule has 21 heavy (non-hydrogen) atoms. The molecule has 1 aromatic carbocycles. The summed E-state index contributed by atoms with van der Waals surface area (Å²) in [4.78, 5) is 6.00. The van der Waals surface area contributed by atoms with E-state index >= 15 is 0 Å². The molecule has 0 bridgehead atoms. The van der Waals surface area contributed by atoms with Crippen LogP contribution >= 0.6 is 0 Å². The lowest BCUT2D eigenvalue weighted by Crippen LogP contribution is -2.15. The number of aromatic nitrogens is 2. The van der Waals surface area contributed by atoms with Crippen LogP contribution in [0.1, 0.15) is 0 Å². The third kappa shape index (κ3) is 3.92. The first-order valence-corrected chi connectivity index (χ1v) is 8.83. The second-order valence-corrected chi connectivity index (χ2v) is 7.49. The lowest BCUT2D eigenvalue weighted by Gasteiger charge is -2.10. The number of benzene rings is 1. The van der Waals surface area contributed by atoms with Gasteiger partial charge in [0.1, 0.15) is 5.82 Å². The highest BCUT2D eigenvalue weighted by Crippen LogP contribution is 2.22. The van der Waals surface area contributed by atoms with Gasteiger partial charge in [0.2, 0.25) is 10.0 Å². The number of hydrogen-bond donors (Lipinski definition) is 3. The van der Waals surface area contributed by atoms with Gasteiger partial charge in [0.05, 0.1) is 30.2 Å². The van der Waals surface area contributed by atoms with E-state index in [1.165, 1.54) is 6.33 Å². The highest BCUT2D eigenvalue weighted by atomic mass is 32.2. The molecule has 0 fully saturated rings. The van der Waals surface area contributed by atoms with Gasteiger partial charge in [-0.2, -0.15) is 8.42 Å². The molecule has 0 radical (unpaired) electrons. The molecule has 0 spiro atoms. The van der Waals surface area contributed by atoms with Crippen LogP contribution in [-0.4, -0.2) is 33.1 Å². The Labute approximate surface area is 120 Å². The molecule has 0 unspecified atom stereocenters. The fraction of sp³-hybridized carbons (Fsp3) is 0.100. The van der Waals surface area contributed by atoms with Crippen LogP contribution in [-0.2, 0) is 20.0 Å². The minimum absolute atomic E-state index is 0.00264. The van der Waals surface area contributed by atoms with E-state index in [0.717, 1.165) is 30.7 Å². The minimum Gasteiger partial charge on any atom is -0.334 e. The van der Waals surface area contributed by atoms with E-state index in [0.29, 0.717) is 0 Å². The minimum atomic E-state index is -3.91. The third-order valence-electron chi connectivity index (χ3n) is 2.28. The number of imidazole rings is 1. The van der Waals surface area contributed by atoms with Crippen LogP contribution in [0.5, 0.6) is 0 Å². The van der Waals surface area contributed by atoms with Crippen molar-refractivity contribution in [2.45, 2.75) is 5.03 Å². The molecule has 114 valence electrons. The van der Waals surface area contributed by atoms with E-state index in [4.69, 9.17) is 0 Å². The normalized spacial score (nSPS) is 12.1. The van der Waals surface area contributed by atoms with E-state index < -0.39 is 25.9 Å². The fourth-order valence-electron chi connectivity index (χ4n) is 1.47. The smallest absolute Gasteiger partial charge is 0.278 e. The maximum Gasteiger partial charge on any atom is 0.278 e. The van der Waals surface area contributed by atoms with Gasteiger partial charge in [0, 0.05) is 0 Å². The molecule has 0 amide bonds. The van der Waals surface area contributed by atoms with E-state index in [2.05, 4.69) is 14.7 Å². The van der Waals surface area contributed by atoms with E-state index in [1.54, 1.807) is 0 Å². The van der Waals surface area contributed by atoms with Gasteiger partial charge in [0.25, 0.3) is 10.0 Å². The molecule has 0 saturated heterocycles. The van der Waals surface area contributed by atoms with Crippen molar-refractivity contribution in [1.29, 1.82) is 0 Å². The first-order valence-electron chi connectivity index (χ1n) is 5.46. The summed E-state index contributed by atoms with van der Waals surface area (Å²) in [5.41, 5.74) is -0.362. The molecular weight excluding hydrogens is 323 g/mol. The predicted octanol–water partition coefficient (Wildman–Crippen LogP) is 0.721. The van der Waals surface area contributed by atoms with E-state index in [9.17, 15) is 21.2 Å². The second kappa shape index (κ2) is 5.33. The Balaban J connectivity index is 2.32. The van der Waals surface area contributed by atoms with E-state index in [1.807, 2.05) is 4.72 Å². The number of hydrogen-bond acceptors (Lipinski definition) is 5. The van der Waals surface area contributed by atoms with Crippen LogP contribution in [0, 0.1) is 5.82 Å². The Morgan fingerprint density at radius 3 is 2.48 bits per heavy atom. The van der Waals surface area contributed by atoms with Gasteiger partial charge in [-0.3, -0.25) is 9.44 Å². The average Bonchev–Trinajstić information content (AvgIpc) is 2.85. The zero-order valence-corrected chi connectivity index (χ0v) is 12.3. The van der Waals surface area contributed by atoms with Crippen molar-refractivity contribution in [3.05, 3.63) is 36.5 Å². The Kier molecular flexibility index (Phi) is 3.87. The van der Waals surface area contributed by atoms with Gasteiger partial charge in [-0.25, -0.2) is 17.8 Å². The predicted molar refractivity (Wildman–Crippen MR) is 74.3 cm³/mol. The Morgan fingerprint density at radius 1 is 1.19 bits per heavy atom. The van der Waals surface area contributed by atoms with Crippen molar-refractivity contribution in [2.24, 2.45) is 0 Å². The molecule has 0 aliphatic carbocycles. The van der Waals surface area contributed by atoms with Gasteiger partial charge in [0.15, 0.2) is 5.03 Å². The van der Waals surface area contributed by atoms with Crippen LogP contribution in [0.15, 0.2) is 35.7 Å². The molecule has 0 saturated carbocycles. The molecule has 1 aromatic heterocycles. The number of H-pyrrole nitrogens is 1. The number of rotatable bonds is 5. The third-order valence-corrected chi connectivity index (χ3v) is 4.17. The largest absolute Gasteiger partial charge is 0.334 e. The highest BCUT2D eigenvalue weighted by Gasteiger charge is 2.17. The molecule has 2 rings (SSSR count). The first kappa shape index (κ1) is 15.3. The summed E-state index contributed by atoms with van der Waals surface area (Å²) in [6, 6.07) is 3.14. The maximum atomic E-state index is 13.5. The van der Waals surface area contributed by atoms with Gasteiger partial charge in [-0.05, 0) is 18.2 Å². The van der Waals surface area contributed by atoms with Crippen molar-refractivity contribution in [3.8, 4) is 0 Å². The number of nitrogens with one attached hydrogen (secondary N) is 3. The summed E-state index contributed by atoms with van der Waals surface area (Å²) < 4.78 is 63.7. The fourth-order valence-corrected chi connectivity index (χ4v) is 2.98. The van der Waals surface area contributed by atoms with Gasteiger partial charge < -0.3 is 4.98 Å².